The summed E-state index contributed by atoms with van der Waals surface area (Å²) in [5, 5.41) is 4.78. The van der Waals surface area contributed by atoms with Crippen molar-refractivity contribution in [2.75, 3.05) is 26.2 Å². The van der Waals surface area contributed by atoms with Gasteiger partial charge in [-0.2, -0.15) is 0 Å². The molecule has 4 nitrogen and oxygen atoms in total. The number of likely N-dealkylation sites (tertiary alicyclic amines) is 1. The number of piperidine rings is 1. The van der Waals surface area contributed by atoms with E-state index in [1.165, 1.54) is 22.9 Å². The summed E-state index contributed by atoms with van der Waals surface area (Å²) >= 11 is 0. The molecule has 2 atom stereocenters. The smallest absolute Gasteiger partial charge is 0.226 e. The molecule has 4 heteroatoms. The Hall–Kier alpha value is -1.81. The fourth-order valence-electron chi connectivity index (χ4n) is 5.03. The first kappa shape index (κ1) is 14.5. The Morgan fingerprint density at radius 3 is 2.88 bits per heavy atom. The number of aromatic nitrogens is 1. The minimum atomic E-state index is 0.303. The van der Waals surface area contributed by atoms with Crippen LogP contribution in [0.1, 0.15) is 37.2 Å². The Bertz CT molecular complexity index is 766. The van der Waals surface area contributed by atoms with Crippen LogP contribution >= 0.6 is 0 Å². The number of nitrogens with zero attached hydrogens (tertiary/aromatic N) is 1. The highest BCUT2D eigenvalue weighted by Gasteiger charge is 2.59. The molecule has 24 heavy (non-hydrogen) atoms. The Kier molecular flexibility index (Phi) is 3.24. The van der Waals surface area contributed by atoms with E-state index in [9.17, 15) is 4.79 Å². The van der Waals surface area contributed by atoms with Crippen LogP contribution in [0.2, 0.25) is 0 Å². The molecule has 1 aliphatic carbocycles. The third-order valence-corrected chi connectivity index (χ3v) is 6.64. The van der Waals surface area contributed by atoms with Crippen molar-refractivity contribution in [2.45, 2.75) is 31.6 Å². The standard InChI is InChI=1S/C20H25N3O/c24-19(17-12-20(17)7-9-21-13-20)23-10-5-14(6-11-23)15-2-1-3-18-16(15)4-8-22-18/h1-4,8,14,17,21-22H,5-7,9-13H2. The predicted octanol–water partition coefficient (Wildman–Crippen LogP) is 2.87. The second kappa shape index (κ2) is 5.35. The van der Waals surface area contributed by atoms with Gasteiger partial charge in [-0.3, -0.25) is 4.79 Å². The summed E-state index contributed by atoms with van der Waals surface area (Å²) in [5.41, 5.74) is 2.99. The topological polar surface area (TPSA) is 48.1 Å². The number of aromatic amines is 1. The fourth-order valence-corrected chi connectivity index (χ4v) is 5.03. The van der Waals surface area contributed by atoms with Gasteiger partial charge >= 0.3 is 0 Å². The molecule has 3 fully saturated rings. The molecule has 1 aromatic carbocycles. The van der Waals surface area contributed by atoms with Gasteiger partial charge in [-0.1, -0.05) is 12.1 Å². The van der Waals surface area contributed by atoms with Crippen molar-refractivity contribution in [3.05, 3.63) is 36.0 Å². The minimum absolute atomic E-state index is 0.303. The number of nitrogens with one attached hydrogen (secondary N) is 2. The molecule has 1 saturated carbocycles. The molecule has 3 heterocycles. The lowest BCUT2D eigenvalue weighted by atomic mass is 9.87. The van der Waals surface area contributed by atoms with Crippen LogP contribution in [0.15, 0.2) is 30.5 Å². The first-order chi connectivity index (χ1) is 11.8. The van der Waals surface area contributed by atoms with Gasteiger partial charge in [0, 0.05) is 42.7 Å². The lowest BCUT2D eigenvalue weighted by molar-refractivity contribution is -0.134. The highest BCUT2D eigenvalue weighted by molar-refractivity contribution is 5.84. The van der Waals surface area contributed by atoms with Crippen molar-refractivity contribution in [1.82, 2.24) is 15.2 Å². The van der Waals surface area contributed by atoms with Gasteiger partial charge in [0.2, 0.25) is 5.91 Å². The van der Waals surface area contributed by atoms with Crippen LogP contribution in [0.25, 0.3) is 10.9 Å². The first-order valence-electron chi connectivity index (χ1n) is 9.32. The number of benzene rings is 1. The number of H-pyrrole nitrogens is 1. The molecule has 2 saturated heterocycles. The monoisotopic (exact) mass is 323 g/mol. The summed E-state index contributed by atoms with van der Waals surface area (Å²) in [6, 6.07) is 8.73. The zero-order chi connectivity index (χ0) is 16.1. The molecule has 1 spiro atoms. The van der Waals surface area contributed by atoms with Crippen molar-refractivity contribution in [1.29, 1.82) is 0 Å². The van der Waals surface area contributed by atoms with Gasteiger partial charge in [0.05, 0.1) is 0 Å². The van der Waals surface area contributed by atoms with Gasteiger partial charge in [0.15, 0.2) is 0 Å². The molecule has 0 bridgehead atoms. The average Bonchev–Trinajstić information content (AvgIpc) is 2.96. The van der Waals surface area contributed by atoms with Gasteiger partial charge in [-0.05, 0) is 61.3 Å². The lowest BCUT2D eigenvalue weighted by Gasteiger charge is -2.33. The fraction of sp³-hybridized carbons (Fsp3) is 0.550. The van der Waals surface area contributed by atoms with Crippen LogP contribution in [0.3, 0.4) is 0 Å². The second-order valence-corrected chi connectivity index (χ2v) is 7.93. The zero-order valence-electron chi connectivity index (χ0n) is 14.1. The Morgan fingerprint density at radius 2 is 2.08 bits per heavy atom. The minimum Gasteiger partial charge on any atom is -0.361 e. The summed E-state index contributed by atoms with van der Waals surface area (Å²) in [4.78, 5) is 18.3. The Balaban J connectivity index is 1.26. The van der Waals surface area contributed by atoms with Crippen LogP contribution in [0, 0.1) is 11.3 Å². The number of rotatable bonds is 2. The highest BCUT2D eigenvalue weighted by Crippen LogP contribution is 2.57. The molecule has 3 aliphatic rings. The third kappa shape index (κ3) is 2.20. The summed E-state index contributed by atoms with van der Waals surface area (Å²) < 4.78 is 0. The normalized spacial score (nSPS) is 30.3. The number of carbonyl (C=O) groups excluding carboxylic acids is 1. The summed E-state index contributed by atoms with van der Waals surface area (Å²) in [5.74, 6) is 1.31. The van der Waals surface area contributed by atoms with E-state index < -0.39 is 0 Å². The van der Waals surface area contributed by atoms with Gasteiger partial charge in [0.25, 0.3) is 0 Å². The van der Waals surface area contributed by atoms with Crippen molar-refractivity contribution in [3.63, 3.8) is 0 Å². The molecular weight excluding hydrogens is 298 g/mol. The van der Waals surface area contributed by atoms with E-state index in [0.717, 1.165) is 45.4 Å². The van der Waals surface area contributed by atoms with Crippen LogP contribution in [0.5, 0.6) is 0 Å². The molecule has 0 radical (unpaired) electrons. The molecule has 1 amide bonds. The largest absolute Gasteiger partial charge is 0.361 e. The summed E-state index contributed by atoms with van der Waals surface area (Å²) in [6.07, 6.45) is 6.51. The molecule has 2 aliphatic heterocycles. The zero-order valence-corrected chi connectivity index (χ0v) is 14.1. The molecule has 2 aromatic rings. The molecule has 2 unspecified atom stereocenters. The van der Waals surface area contributed by atoms with Crippen LogP contribution in [-0.4, -0.2) is 42.0 Å². The van der Waals surface area contributed by atoms with E-state index in [4.69, 9.17) is 0 Å². The van der Waals surface area contributed by atoms with E-state index in [1.807, 2.05) is 6.20 Å². The first-order valence-corrected chi connectivity index (χ1v) is 9.32. The quantitative estimate of drug-likeness (QED) is 0.893. The molecular formula is C20H25N3O. The average molecular weight is 323 g/mol. The maximum atomic E-state index is 12.8. The van der Waals surface area contributed by atoms with Gasteiger partial charge < -0.3 is 15.2 Å². The Labute approximate surface area is 142 Å². The molecule has 126 valence electrons. The van der Waals surface area contributed by atoms with E-state index in [-0.39, 0.29) is 0 Å². The van der Waals surface area contributed by atoms with Gasteiger partial charge in [-0.15, -0.1) is 0 Å². The van der Waals surface area contributed by atoms with Crippen molar-refractivity contribution >= 4 is 16.8 Å². The van der Waals surface area contributed by atoms with Crippen LogP contribution < -0.4 is 5.32 Å². The van der Waals surface area contributed by atoms with Crippen LogP contribution in [0.4, 0.5) is 0 Å². The molecule has 1 aromatic heterocycles. The highest BCUT2D eigenvalue weighted by atomic mass is 16.2. The van der Waals surface area contributed by atoms with E-state index in [1.54, 1.807) is 0 Å². The number of amides is 1. The number of hydrogen-bond donors (Lipinski definition) is 2. The van der Waals surface area contributed by atoms with Gasteiger partial charge in [-0.25, -0.2) is 0 Å². The maximum absolute atomic E-state index is 12.8. The number of carbonyl (C=O) groups is 1. The van der Waals surface area contributed by atoms with E-state index in [2.05, 4.69) is 39.5 Å². The third-order valence-electron chi connectivity index (χ3n) is 6.64. The van der Waals surface area contributed by atoms with Crippen molar-refractivity contribution in [2.24, 2.45) is 11.3 Å². The van der Waals surface area contributed by atoms with Crippen LogP contribution in [-0.2, 0) is 4.79 Å². The van der Waals surface area contributed by atoms with Crippen molar-refractivity contribution in [3.8, 4) is 0 Å². The SMILES string of the molecule is O=C(C1CC12CCNC2)N1CCC(c2cccc3[nH]ccc23)CC1. The maximum Gasteiger partial charge on any atom is 0.226 e. The van der Waals surface area contributed by atoms with E-state index in [0.29, 0.717) is 23.2 Å². The Morgan fingerprint density at radius 1 is 1.21 bits per heavy atom. The van der Waals surface area contributed by atoms with Gasteiger partial charge in [0.1, 0.15) is 0 Å². The molecule has 2 N–H and O–H groups in total. The molecule has 5 rings (SSSR count). The lowest BCUT2D eigenvalue weighted by Crippen LogP contribution is -2.40. The summed E-state index contributed by atoms with van der Waals surface area (Å²) in [6.45, 7) is 3.98. The second-order valence-electron chi connectivity index (χ2n) is 7.93. The van der Waals surface area contributed by atoms with Crippen molar-refractivity contribution < 1.29 is 4.79 Å². The predicted molar refractivity (Wildman–Crippen MR) is 94.9 cm³/mol. The number of fused-ring (bicyclic) bond motifs is 1. The summed E-state index contributed by atoms with van der Waals surface area (Å²) in [7, 11) is 0. The number of hydrogen-bond acceptors (Lipinski definition) is 2. The van der Waals surface area contributed by atoms with E-state index >= 15 is 0 Å².